The fourth-order valence-corrected chi connectivity index (χ4v) is 0.158. The molecule has 0 aromatic rings. The highest BCUT2D eigenvalue weighted by atomic mass is 14.9. The first-order valence-corrected chi connectivity index (χ1v) is 2.73. The molecule has 0 aromatic carbocycles. The molecule has 0 rings (SSSR count). The maximum Gasteiger partial charge on any atom is 0.0294 e. The molecule has 1 heteroatoms. The Labute approximate surface area is 46.1 Å². The van der Waals surface area contributed by atoms with Gasteiger partial charge in [0.15, 0.2) is 0 Å². The zero-order chi connectivity index (χ0) is 5.91. The molecular weight excluding hydrogens is 86.1 g/mol. The van der Waals surface area contributed by atoms with Gasteiger partial charge >= 0.3 is 0 Å². The minimum absolute atomic E-state index is 0.208. The standard InChI is InChI=1S/C6H14N/c1-5-6(2,3)7-4/h5H2,1-4H3. The first-order chi connectivity index (χ1) is 3.12. The van der Waals surface area contributed by atoms with Gasteiger partial charge in [-0.25, -0.2) is 5.32 Å². The summed E-state index contributed by atoms with van der Waals surface area (Å²) in [4.78, 5) is 0. The summed E-state index contributed by atoms with van der Waals surface area (Å²) in [7, 11) is 1.86. The summed E-state index contributed by atoms with van der Waals surface area (Å²) in [5, 5.41) is 4.14. The Hall–Kier alpha value is -0.0400. The zero-order valence-corrected chi connectivity index (χ0v) is 5.65. The average molecular weight is 100 g/mol. The molecule has 0 spiro atoms. The van der Waals surface area contributed by atoms with E-state index in [1.807, 2.05) is 7.05 Å². The molecule has 0 saturated heterocycles. The Morgan fingerprint density at radius 2 is 1.86 bits per heavy atom. The molecule has 0 N–H and O–H groups in total. The lowest BCUT2D eigenvalue weighted by Gasteiger charge is -2.18. The van der Waals surface area contributed by atoms with E-state index in [0.29, 0.717) is 0 Å². The molecule has 0 aliphatic heterocycles. The molecule has 1 radical (unpaired) electrons. The van der Waals surface area contributed by atoms with Crippen LogP contribution in [0.5, 0.6) is 0 Å². The van der Waals surface area contributed by atoms with E-state index < -0.39 is 0 Å². The molecule has 0 unspecified atom stereocenters. The normalized spacial score (nSPS) is 12.0. The Bertz CT molecular complexity index is 42.1. The van der Waals surface area contributed by atoms with Gasteiger partial charge in [-0.15, -0.1) is 0 Å². The van der Waals surface area contributed by atoms with Gasteiger partial charge in [0.05, 0.1) is 0 Å². The summed E-state index contributed by atoms with van der Waals surface area (Å²) in [6, 6.07) is 0. The Morgan fingerprint density at radius 1 is 1.43 bits per heavy atom. The largest absolute Gasteiger partial charge is 0.239 e. The monoisotopic (exact) mass is 100 g/mol. The van der Waals surface area contributed by atoms with E-state index >= 15 is 0 Å². The van der Waals surface area contributed by atoms with Gasteiger partial charge < -0.3 is 0 Å². The van der Waals surface area contributed by atoms with Crippen molar-refractivity contribution in [1.82, 2.24) is 5.32 Å². The lowest BCUT2D eigenvalue weighted by Crippen LogP contribution is -2.28. The number of nitrogens with zero attached hydrogens (tertiary/aromatic N) is 1. The van der Waals surface area contributed by atoms with Crippen LogP contribution in [0, 0.1) is 0 Å². The molecule has 43 valence electrons. The maximum absolute atomic E-state index is 4.14. The van der Waals surface area contributed by atoms with E-state index in [2.05, 4.69) is 26.1 Å². The van der Waals surface area contributed by atoms with Crippen LogP contribution in [0.2, 0.25) is 0 Å². The molecule has 0 bridgehead atoms. The van der Waals surface area contributed by atoms with Crippen LogP contribution in [0.25, 0.3) is 0 Å². The first kappa shape index (κ1) is 6.96. The third-order valence-corrected chi connectivity index (χ3v) is 1.47. The van der Waals surface area contributed by atoms with Gasteiger partial charge in [0, 0.05) is 12.6 Å². The molecule has 0 saturated carbocycles. The number of rotatable bonds is 2. The van der Waals surface area contributed by atoms with Crippen molar-refractivity contribution in [1.29, 1.82) is 0 Å². The Morgan fingerprint density at radius 3 is 1.86 bits per heavy atom. The molecule has 0 aromatic heterocycles. The van der Waals surface area contributed by atoms with Crippen LogP contribution in [0.3, 0.4) is 0 Å². The third-order valence-electron chi connectivity index (χ3n) is 1.47. The minimum atomic E-state index is 0.208. The van der Waals surface area contributed by atoms with E-state index in [1.54, 1.807) is 0 Å². The Kier molecular flexibility index (Phi) is 2.30. The van der Waals surface area contributed by atoms with Gasteiger partial charge in [-0.2, -0.15) is 0 Å². The SMILES string of the molecule is CCC(C)(C)[N]C. The first-order valence-electron chi connectivity index (χ1n) is 2.73. The second kappa shape index (κ2) is 2.31. The average Bonchev–Trinajstić information content (AvgIpc) is 1.68. The Balaban J connectivity index is 3.36. The molecule has 0 amide bonds. The van der Waals surface area contributed by atoms with Crippen LogP contribution >= 0.6 is 0 Å². The van der Waals surface area contributed by atoms with E-state index in [0.717, 1.165) is 6.42 Å². The second-order valence-electron chi connectivity index (χ2n) is 2.39. The van der Waals surface area contributed by atoms with E-state index in [-0.39, 0.29) is 5.54 Å². The van der Waals surface area contributed by atoms with Gasteiger partial charge in [-0.05, 0) is 20.3 Å². The summed E-state index contributed by atoms with van der Waals surface area (Å²) < 4.78 is 0. The number of hydrogen-bond acceptors (Lipinski definition) is 0. The molecule has 0 aliphatic carbocycles. The van der Waals surface area contributed by atoms with Crippen molar-refractivity contribution in [2.45, 2.75) is 32.7 Å². The zero-order valence-electron chi connectivity index (χ0n) is 5.65. The van der Waals surface area contributed by atoms with Crippen molar-refractivity contribution in [2.24, 2.45) is 0 Å². The molecular formula is C6H14N. The van der Waals surface area contributed by atoms with Crippen molar-refractivity contribution in [3.63, 3.8) is 0 Å². The van der Waals surface area contributed by atoms with Crippen LogP contribution < -0.4 is 5.32 Å². The minimum Gasteiger partial charge on any atom is -0.239 e. The van der Waals surface area contributed by atoms with Crippen molar-refractivity contribution in [3.05, 3.63) is 0 Å². The highest BCUT2D eigenvalue weighted by Gasteiger charge is 2.10. The third kappa shape index (κ3) is 2.63. The van der Waals surface area contributed by atoms with Crippen LogP contribution in [0.4, 0.5) is 0 Å². The second-order valence-corrected chi connectivity index (χ2v) is 2.39. The summed E-state index contributed by atoms with van der Waals surface area (Å²) in [6.07, 6.45) is 1.13. The quantitative estimate of drug-likeness (QED) is 0.498. The summed E-state index contributed by atoms with van der Waals surface area (Å²) in [6.45, 7) is 6.41. The van der Waals surface area contributed by atoms with Gasteiger partial charge in [-0.1, -0.05) is 6.92 Å². The van der Waals surface area contributed by atoms with E-state index in [4.69, 9.17) is 0 Å². The van der Waals surface area contributed by atoms with Crippen LogP contribution in [0.1, 0.15) is 27.2 Å². The lowest BCUT2D eigenvalue weighted by atomic mass is 10.0. The smallest absolute Gasteiger partial charge is 0.0294 e. The van der Waals surface area contributed by atoms with Gasteiger partial charge in [0.25, 0.3) is 0 Å². The van der Waals surface area contributed by atoms with Crippen molar-refractivity contribution in [2.75, 3.05) is 7.05 Å². The maximum atomic E-state index is 4.14. The van der Waals surface area contributed by atoms with Crippen molar-refractivity contribution < 1.29 is 0 Å². The van der Waals surface area contributed by atoms with Gasteiger partial charge in [-0.3, -0.25) is 0 Å². The predicted octanol–water partition coefficient (Wildman–Crippen LogP) is 1.41. The summed E-state index contributed by atoms with van der Waals surface area (Å²) in [5.74, 6) is 0. The van der Waals surface area contributed by atoms with Gasteiger partial charge in [0.1, 0.15) is 0 Å². The number of hydrogen-bond donors (Lipinski definition) is 0. The lowest BCUT2D eigenvalue weighted by molar-refractivity contribution is 0.402. The van der Waals surface area contributed by atoms with E-state index in [9.17, 15) is 0 Å². The molecule has 0 atom stereocenters. The topological polar surface area (TPSA) is 14.1 Å². The molecule has 0 aliphatic rings. The van der Waals surface area contributed by atoms with Crippen molar-refractivity contribution >= 4 is 0 Å². The predicted molar refractivity (Wildman–Crippen MR) is 32.4 cm³/mol. The highest BCUT2D eigenvalue weighted by molar-refractivity contribution is 4.70. The molecule has 7 heavy (non-hydrogen) atoms. The fraction of sp³-hybridized carbons (Fsp3) is 1.00. The molecule has 1 nitrogen and oxygen atoms in total. The highest BCUT2D eigenvalue weighted by Crippen LogP contribution is 2.05. The van der Waals surface area contributed by atoms with Crippen LogP contribution in [-0.2, 0) is 0 Å². The van der Waals surface area contributed by atoms with Crippen LogP contribution in [-0.4, -0.2) is 12.6 Å². The van der Waals surface area contributed by atoms with E-state index in [1.165, 1.54) is 0 Å². The fourth-order valence-electron chi connectivity index (χ4n) is 0.158. The molecule has 0 fully saturated rings. The summed E-state index contributed by atoms with van der Waals surface area (Å²) in [5.41, 5.74) is 0.208. The van der Waals surface area contributed by atoms with Crippen molar-refractivity contribution in [3.8, 4) is 0 Å². The van der Waals surface area contributed by atoms with Crippen LogP contribution in [0.15, 0.2) is 0 Å². The van der Waals surface area contributed by atoms with Gasteiger partial charge in [0.2, 0.25) is 0 Å². The molecule has 0 heterocycles. The summed E-state index contributed by atoms with van der Waals surface area (Å²) >= 11 is 0.